The summed E-state index contributed by atoms with van der Waals surface area (Å²) in [5, 5.41) is 0. The highest BCUT2D eigenvalue weighted by Crippen LogP contribution is 2.25. The summed E-state index contributed by atoms with van der Waals surface area (Å²) in [6, 6.07) is 6.09. The quantitative estimate of drug-likeness (QED) is 0.442. The second kappa shape index (κ2) is 7.30. The summed E-state index contributed by atoms with van der Waals surface area (Å²) in [6.45, 7) is 12.8. The van der Waals surface area contributed by atoms with Gasteiger partial charge >= 0.3 is 0 Å². The van der Waals surface area contributed by atoms with Gasteiger partial charge in [0.1, 0.15) is 0 Å². The van der Waals surface area contributed by atoms with E-state index in [9.17, 15) is 0 Å². The zero-order valence-electron chi connectivity index (χ0n) is 10.6. The molecule has 0 amide bonds. The van der Waals surface area contributed by atoms with Gasteiger partial charge in [0.2, 0.25) is 0 Å². The second-order valence-electron chi connectivity index (χ2n) is 4.26. The van der Waals surface area contributed by atoms with Crippen LogP contribution in [-0.4, -0.2) is 13.3 Å². The Balaban J connectivity index is 2.54. The Morgan fingerprint density at radius 1 is 1.47 bits per heavy atom. The maximum absolute atomic E-state index is 3.95. The first-order valence-electron chi connectivity index (χ1n) is 5.80. The van der Waals surface area contributed by atoms with Crippen LogP contribution in [-0.2, 0) is 0 Å². The largest absolute Gasteiger partial charge is 0.264 e. The van der Waals surface area contributed by atoms with Gasteiger partial charge in [-0.1, -0.05) is 26.5 Å². The number of nitrogens with zero attached hydrogens (tertiary/aromatic N) is 1. The van der Waals surface area contributed by atoms with Gasteiger partial charge in [-0.25, -0.2) is 0 Å². The van der Waals surface area contributed by atoms with Gasteiger partial charge in [0.05, 0.1) is 5.69 Å². The molecule has 1 aromatic carbocycles. The van der Waals surface area contributed by atoms with E-state index < -0.39 is 0 Å². The molecule has 3 heteroatoms. The highest BCUT2D eigenvalue weighted by Gasteiger charge is 2.00. The third-order valence-corrected chi connectivity index (χ3v) is 3.24. The van der Waals surface area contributed by atoms with Gasteiger partial charge in [-0.15, -0.1) is 0 Å². The van der Waals surface area contributed by atoms with E-state index in [4.69, 9.17) is 0 Å². The molecule has 0 bridgehead atoms. The van der Waals surface area contributed by atoms with E-state index in [1.165, 1.54) is 11.3 Å². The maximum Gasteiger partial charge on any atom is 0.0695 e. The highest BCUT2D eigenvalue weighted by atomic mass is 32.2. The maximum atomic E-state index is 3.95. The summed E-state index contributed by atoms with van der Waals surface area (Å²) < 4.78 is 3.36. The third kappa shape index (κ3) is 4.75. The normalized spacial score (nSPS) is 10.5. The fraction of sp³-hybridized carbons (Fsp3) is 0.357. The molecule has 17 heavy (non-hydrogen) atoms. The minimum absolute atomic E-state index is 0.735. The topological polar surface area (TPSA) is 24.4 Å². The SMILES string of the molecule is C=Cc1cc(SNCCC(C)C)ccc1N=C. The Morgan fingerprint density at radius 3 is 2.82 bits per heavy atom. The molecule has 0 fully saturated rings. The van der Waals surface area contributed by atoms with Crippen molar-refractivity contribution in [2.24, 2.45) is 10.9 Å². The minimum atomic E-state index is 0.735. The molecule has 1 rings (SSSR count). The van der Waals surface area contributed by atoms with Crippen molar-refractivity contribution in [1.82, 2.24) is 4.72 Å². The molecule has 0 atom stereocenters. The van der Waals surface area contributed by atoms with Crippen molar-refractivity contribution < 1.29 is 0 Å². The molecule has 0 aromatic heterocycles. The van der Waals surface area contributed by atoms with E-state index >= 15 is 0 Å². The van der Waals surface area contributed by atoms with Gasteiger partial charge in [-0.05, 0) is 49.2 Å². The predicted octanol–water partition coefficient (Wildman–Crippen LogP) is 4.30. The van der Waals surface area contributed by atoms with E-state index in [0.29, 0.717) is 0 Å². The molecule has 0 radical (unpaired) electrons. The minimum Gasteiger partial charge on any atom is -0.264 e. The Bertz CT molecular complexity index is 386. The fourth-order valence-electron chi connectivity index (χ4n) is 1.39. The van der Waals surface area contributed by atoms with Gasteiger partial charge in [0.15, 0.2) is 0 Å². The zero-order chi connectivity index (χ0) is 12.7. The molecule has 0 aliphatic carbocycles. The molecular formula is C14H20N2S. The third-order valence-electron chi connectivity index (χ3n) is 2.40. The van der Waals surface area contributed by atoms with Crippen LogP contribution in [0.4, 0.5) is 5.69 Å². The predicted molar refractivity (Wildman–Crippen MR) is 79.1 cm³/mol. The van der Waals surface area contributed by atoms with Crippen molar-refractivity contribution in [3.8, 4) is 0 Å². The molecule has 0 unspecified atom stereocenters. The number of hydrogen-bond donors (Lipinski definition) is 1. The lowest BCUT2D eigenvalue weighted by Crippen LogP contribution is -2.07. The van der Waals surface area contributed by atoms with Crippen molar-refractivity contribution in [3.63, 3.8) is 0 Å². The van der Waals surface area contributed by atoms with Crippen LogP contribution in [0.5, 0.6) is 0 Å². The Hall–Kier alpha value is -1.06. The molecule has 0 spiro atoms. The molecule has 0 aliphatic rings. The van der Waals surface area contributed by atoms with E-state index in [2.05, 4.69) is 42.9 Å². The first kappa shape index (κ1) is 14.0. The van der Waals surface area contributed by atoms with E-state index in [1.54, 1.807) is 11.9 Å². The first-order valence-corrected chi connectivity index (χ1v) is 6.62. The molecular weight excluding hydrogens is 228 g/mol. The monoisotopic (exact) mass is 248 g/mol. The van der Waals surface area contributed by atoms with Crippen LogP contribution in [0, 0.1) is 5.92 Å². The second-order valence-corrected chi connectivity index (χ2v) is 5.23. The standard InChI is InChI=1S/C14H20N2S/c1-5-12-10-13(6-7-14(12)15-4)17-16-9-8-11(2)3/h5-7,10-11,16H,1,4,8-9H2,2-3H3. The van der Waals surface area contributed by atoms with Crippen LogP contribution in [0.25, 0.3) is 6.08 Å². The Kier molecular flexibility index (Phi) is 6.01. The van der Waals surface area contributed by atoms with E-state index in [1.807, 2.05) is 18.2 Å². The smallest absolute Gasteiger partial charge is 0.0695 e. The summed E-state index contributed by atoms with van der Waals surface area (Å²) in [6.07, 6.45) is 3.00. The molecule has 0 saturated carbocycles. The van der Waals surface area contributed by atoms with Gasteiger partial charge in [0.25, 0.3) is 0 Å². The van der Waals surface area contributed by atoms with Crippen LogP contribution in [0.1, 0.15) is 25.8 Å². The summed E-state index contributed by atoms with van der Waals surface area (Å²) >= 11 is 1.65. The Morgan fingerprint density at radius 2 is 2.24 bits per heavy atom. The van der Waals surface area contributed by atoms with Crippen LogP contribution < -0.4 is 4.72 Å². The van der Waals surface area contributed by atoms with Crippen molar-refractivity contribution >= 4 is 30.4 Å². The number of hydrogen-bond acceptors (Lipinski definition) is 3. The lowest BCUT2D eigenvalue weighted by molar-refractivity contribution is 0.585. The number of aliphatic imine (C=N–C) groups is 1. The molecule has 0 aliphatic heterocycles. The van der Waals surface area contributed by atoms with Gasteiger partial charge in [0, 0.05) is 17.0 Å². The van der Waals surface area contributed by atoms with Crippen LogP contribution in [0.2, 0.25) is 0 Å². The average molecular weight is 248 g/mol. The molecule has 1 aromatic rings. The first-order chi connectivity index (χ1) is 8.17. The average Bonchev–Trinajstić information content (AvgIpc) is 2.34. The summed E-state index contributed by atoms with van der Waals surface area (Å²) in [7, 11) is 0. The molecule has 0 heterocycles. The van der Waals surface area contributed by atoms with Crippen LogP contribution in [0.3, 0.4) is 0 Å². The van der Waals surface area contributed by atoms with E-state index in [-0.39, 0.29) is 0 Å². The highest BCUT2D eigenvalue weighted by molar-refractivity contribution is 7.97. The van der Waals surface area contributed by atoms with Crippen molar-refractivity contribution in [2.45, 2.75) is 25.2 Å². The van der Waals surface area contributed by atoms with Crippen molar-refractivity contribution in [2.75, 3.05) is 6.54 Å². The van der Waals surface area contributed by atoms with Gasteiger partial charge < -0.3 is 0 Å². The number of benzene rings is 1. The zero-order valence-corrected chi connectivity index (χ0v) is 11.4. The van der Waals surface area contributed by atoms with Gasteiger partial charge in [-0.3, -0.25) is 9.71 Å². The van der Waals surface area contributed by atoms with Crippen LogP contribution in [0.15, 0.2) is 34.7 Å². The molecule has 92 valence electrons. The van der Waals surface area contributed by atoms with Crippen LogP contribution >= 0.6 is 11.9 Å². The summed E-state index contributed by atoms with van der Waals surface area (Å²) in [5.41, 5.74) is 1.90. The lowest BCUT2D eigenvalue weighted by Gasteiger charge is -2.07. The van der Waals surface area contributed by atoms with Crippen molar-refractivity contribution in [1.29, 1.82) is 0 Å². The lowest BCUT2D eigenvalue weighted by atomic mass is 10.1. The summed E-state index contributed by atoms with van der Waals surface area (Å²) in [5.74, 6) is 0.735. The Labute approximate surface area is 108 Å². The molecule has 0 saturated heterocycles. The van der Waals surface area contributed by atoms with Gasteiger partial charge in [-0.2, -0.15) is 0 Å². The summed E-state index contributed by atoms with van der Waals surface area (Å²) in [4.78, 5) is 5.13. The molecule has 2 nitrogen and oxygen atoms in total. The van der Waals surface area contributed by atoms with E-state index in [0.717, 1.165) is 23.7 Å². The fourth-order valence-corrected chi connectivity index (χ4v) is 2.09. The number of rotatable bonds is 7. The van der Waals surface area contributed by atoms with Crippen molar-refractivity contribution in [3.05, 3.63) is 30.3 Å². The molecule has 1 N–H and O–H groups in total. The number of nitrogens with one attached hydrogen (secondary N) is 1.